The van der Waals surface area contributed by atoms with Gasteiger partial charge in [0.2, 0.25) is 5.91 Å². The minimum Gasteiger partial charge on any atom is -0.494 e. The summed E-state index contributed by atoms with van der Waals surface area (Å²) < 4.78 is 5.29. The van der Waals surface area contributed by atoms with Crippen LogP contribution in [0, 0.1) is 5.92 Å². The fourth-order valence-electron chi connectivity index (χ4n) is 2.11. The van der Waals surface area contributed by atoms with Crippen molar-refractivity contribution in [2.75, 3.05) is 17.7 Å². The van der Waals surface area contributed by atoms with Crippen LogP contribution in [0.3, 0.4) is 0 Å². The van der Waals surface area contributed by atoms with Crippen molar-refractivity contribution in [3.05, 3.63) is 42.2 Å². The van der Waals surface area contributed by atoms with Crippen LogP contribution < -0.4 is 15.4 Å². The monoisotopic (exact) mass is 315 g/mol. The minimum absolute atomic E-state index is 0.0672. The van der Waals surface area contributed by atoms with Crippen molar-refractivity contribution in [3.63, 3.8) is 0 Å². The molecule has 6 heteroatoms. The second kappa shape index (κ2) is 7.49. The van der Waals surface area contributed by atoms with Gasteiger partial charge >= 0.3 is 0 Å². The molecule has 2 amide bonds. The van der Waals surface area contributed by atoms with Gasteiger partial charge in [-0.25, -0.2) is 0 Å². The maximum atomic E-state index is 12.0. The van der Waals surface area contributed by atoms with Crippen LogP contribution in [-0.4, -0.2) is 23.9 Å². The van der Waals surface area contributed by atoms with E-state index in [1.165, 1.54) is 7.11 Å². The van der Waals surface area contributed by atoms with Gasteiger partial charge in [0, 0.05) is 30.6 Å². The van der Waals surface area contributed by atoms with Crippen molar-refractivity contribution < 1.29 is 14.3 Å². The van der Waals surface area contributed by atoms with Gasteiger partial charge in [-0.05, 0) is 24.1 Å². The molecule has 0 bridgehead atoms. The zero-order valence-corrected chi connectivity index (χ0v) is 13.5. The van der Waals surface area contributed by atoms with E-state index in [1.54, 1.807) is 36.7 Å². The number of carbonyl (C=O) groups excluding carboxylic acids is 2. The summed E-state index contributed by atoms with van der Waals surface area (Å²) in [6.07, 6.45) is 3.74. The molecule has 1 aromatic carbocycles. The molecule has 1 aromatic heterocycles. The lowest BCUT2D eigenvalue weighted by Crippen LogP contribution is -2.15. The number of methoxy groups -OCH3 is 1. The number of benzene rings is 1. The molecule has 0 aliphatic carbocycles. The summed E-state index contributed by atoms with van der Waals surface area (Å²) in [5.74, 6) is 0.488. The van der Waals surface area contributed by atoms with Crippen molar-refractivity contribution in [3.8, 4) is 5.75 Å². The molecule has 2 rings (SSSR count). The zero-order valence-electron chi connectivity index (χ0n) is 13.5. The molecular weight excluding hydrogens is 294 g/mol. The number of anilines is 2. The van der Waals surface area contributed by atoms with Crippen molar-refractivity contribution >= 4 is 23.2 Å². The predicted octanol–water partition coefficient (Wildman–Crippen LogP) is 3.26. The Morgan fingerprint density at radius 2 is 2.00 bits per heavy atom. The average molecular weight is 315 g/mol. The molecular formula is C17H21N3O3. The first kappa shape index (κ1) is 16.6. The first-order chi connectivity index (χ1) is 11.0. The Morgan fingerprint density at radius 1 is 1.22 bits per heavy atom. The Bertz CT molecular complexity index is 678. The number of H-pyrrole nitrogens is 1. The maximum absolute atomic E-state index is 12.0. The third-order valence-corrected chi connectivity index (χ3v) is 3.19. The lowest BCUT2D eigenvalue weighted by atomic mass is 10.1. The van der Waals surface area contributed by atoms with E-state index in [1.807, 2.05) is 13.8 Å². The second-order valence-corrected chi connectivity index (χ2v) is 5.62. The number of aromatic nitrogens is 1. The minimum atomic E-state index is -0.218. The first-order valence-corrected chi connectivity index (χ1v) is 7.41. The summed E-state index contributed by atoms with van der Waals surface area (Å²) in [5.41, 5.74) is 1.71. The molecule has 0 saturated heterocycles. The van der Waals surface area contributed by atoms with Crippen LogP contribution in [0.15, 0.2) is 36.7 Å². The van der Waals surface area contributed by atoms with E-state index < -0.39 is 0 Å². The van der Waals surface area contributed by atoms with Gasteiger partial charge in [0.25, 0.3) is 5.91 Å². The number of carbonyl (C=O) groups is 2. The Morgan fingerprint density at radius 3 is 2.61 bits per heavy atom. The number of aromatic amines is 1. The molecule has 3 N–H and O–H groups in total. The lowest BCUT2D eigenvalue weighted by Gasteiger charge is -2.13. The number of ether oxygens (including phenoxy) is 1. The molecule has 0 unspecified atom stereocenters. The molecule has 0 aliphatic heterocycles. The molecule has 2 aromatic rings. The highest BCUT2D eigenvalue weighted by Crippen LogP contribution is 2.28. The van der Waals surface area contributed by atoms with Gasteiger partial charge in [-0.3, -0.25) is 9.59 Å². The zero-order chi connectivity index (χ0) is 16.8. The largest absolute Gasteiger partial charge is 0.494 e. The standard InChI is InChI=1S/C17H21N3O3/c1-11(2)8-16(21)20-14-5-4-13(9-15(14)23-3)19-17(22)12-6-7-18-10-12/h4-7,9-11,18H,8H2,1-3H3,(H,19,22)(H,20,21). The Kier molecular flexibility index (Phi) is 5.41. The van der Waals surface area contributed by atoms with E-state index in [0.29, 0.717) is 29.1 Å². The summed E-state index contributed by atoms with van der Waals surface area (Å²) in [5, 5.41) is 5.60. The van der Waals surface area contributed by atoms with Gasteiger partial charge in [-0.1, -0.05) is 13.8 Å². The molecule has 0 aliphatic rings. The molecule has 122 valence electrons. The third kappa shape index (κ3) is 4.60. The van der Waals surface area contributed by atoms with E-state index in [2.05, 4.69) is 15.6 Å². The topological polar surface area (TPSA) is 83.2 Å². The molecule has 1 heterocycles. The third-order valence-electron chi connectivity index (χ3n) is 3.19. The van der Waals surface area contributed by atoms with Gasteiger partial charge in [-0.15, -0.1) is 0 Å². The van der Waals surface area contributed by atoms with E-state index in [0.717, 1.165) is 0 Å². The molecule has 0 atom stereocenters. The van der Waals surface area contributed by atoms with E-state index in [9.17, 15) is 9.59 Å². The maximum Gasteiger partial charge on any atom is 0.257 e. The van der Waals surface area contributed by atoms with Crippen LogP contribution in [0.25, 0.3) is 0 Å². The van der Waals surface area contributed by atoms with Crippen molar-refractivity contribution in [2.45, 2.75) is 20.3 Å². The van der Waals surface area contributed by atoms with Gasteiger partial charge in [0.05, 0.1) is 18.4 Å². The number of amides is 2. The highest BCUT2D eigenvalue weighted by molar-refractivity contribution is 6.04. The van der Waals surface area contributed by atoms with Crippen LogP contribution in [0.5, 0.6) is 5.75 Å². The summed E-state index contributed by atoms with van der Waals surface area (Å²) in [6.45, 7) is 3.97. The second-order valence-electron chi connectivity index (χ2n) is 5.62. The van der Waals surface area contributed by atoms with Crippen LogP contribution in [0.2, 0.25) is 0 Å². The predicted molar refractivity (Wildman–Crippen MR) is 89.8 cm³/mol. The van der Waals surface area contributed by atoms with E-state index in [4.69, 9.17) is 4.74 Å². The first-order valence-electron chi connectivity index (χ1n) is 7.41. The fourth-order valence-corrected chi connectivity index (χ4v) is 2.11. The van der Waals surface area contributed by atoms with Crippen LogP contribution in [0.1, 0.15) is 30.6 Å². The van der Waals surface area contributed by atoms with Crippen molar-refractivity contribution in [1.82, 2.24) is 4.98 Å². The van der Waals surface area contributed by atoms with Crippen LogP contribution in [-0.2, 0) is 4.79 Å². The molecule has 0 fully saturated rings. The fraction of sp³-hybridized carbons (Fsp3) is 0.294. The number of hydrogen-bond donors (Lipinski definition) is 3. The lowest BCUT2D eigenvalue weighted by molar-refractivity contribution is -0.116. The molecule has 23 heavy (non-hydrogen) atoms. The molecule has 6 nitrogen and oxygen atoms in total. The number of hydrogen-bond acceptors (Lipinski definition) is 3. The van der Waals surface area contributed by atoms with Gasteiger partial charge < -0.3 is 20.4 Å². The molecule has 0 radical (unpaired) electrons. The number of nitrogens with one attached hydrogen (secondary N) is 3. The Balaban J connectivity index is 2.10. The summed E-state index contributed by atoms with van der Waals surface area (Å²) in [6, 6.07) is 6.80. The number of rotatable bonds is 6. The summed E-state index contributed by atoms with van der Waals surface area (Å²) in [7, 11) is 1.52. The molecule has 0 saturated carbocycles. The van der Waals surface area contributed by atoms with Crippen molar-refractivity contribution in [1.29, 1.82) is 0 Å². The highest BCUT2D eigenvalue weighted by Gasteiger charge is 2.12. The smallest absolute Gasteiger partial charge is 0.257 e. The Labute approximate surface area is 135 Å². The molecule has 0 spiro atoms. The van der Waals surface area contributed by atoms with Crippen molar-refractivity contribution in [2.24, 2.45) is 5.92 Å². The van der Waals surface area contributed by atoms with Gasteiger partial charge in [-0.2, -0.15) is 0 Å². The normalized spacial score (nSPS) is 10.4. The van der Waals surface area contributed by atoms with E-state index >= 15 is 0 Å². The highest BCUT2D eigenvalue weighted by atomic mass is 16.5. The van der Waals surface area contributed by atoms with Gasteiger partial charge in [0.1, 0.15) is 5.75 Å². The summed E-state index contributed by atoms with van der Waals surface area (Å²) >= 11 is 0. The SMILES string of the molecule is COc1cc(NC(=O)c2cc[nH]c2)ccc1NC(=O)CC(C)C. The quantitative estimate of drug-likeness (QED) is 0.765. The van der Waals surface area contributed by atoms with Crippen LogP contribution >= 0.6 is 0 Å². The van der Waals surface area contributed by atoms with E-state index in [-0.39, 0.29) is 17.7 Å². The van der Waals surface area contributed by atoms with Gasteiger partial charge in [0.15, 0.2) is 0 Å². The van der Waals surface area contributed by atoms with Crippen LogP contribution in [0.4, 0.5) is 11.4 Å². The Hall–Kier alpha value is -2.76. The summed E-state index contributed by atoms with van der Waals surface area (Å²) in [4.78, 5) is 26.7. The average Bonchev–Trinajstić information content (AvgIpc) is 3.02.